The first-order chi connectivity index (χ1) is 9.35. The van der Waals surface area contributed by atoms with Crippen LogP contribution in [0, 0.1) is 0 Å². The zero-order valence-corrected chi connectivity index (χ0v) is 12.4. The van der Waals surface area contributed by atoms with E-state index in [-0.39, 0.29) is 35.6 Å². The van der Waals surface area contributed by atoms with Crippen LogP contribution in [-0.2, 0) is 14.8 Å². The van der Waals surface area contributed by atoms with Crippen molar-refractivity contribution in [2.75, 3.05) is 12.3 Å². The molecule has 0 spiro atoms. The molecule has 0 aliphatic carbocycles. The molecule has 1 heterocycles. The third-order valence-electron chi connectivity index (χ3n) is 2.73. The summed E-state index contributed by atoms with van der Waals surface area (Å²) >= 11 is 0. The molecule has 0 saturated carbocycles. The van der Waals surface area contributed by atoms with E-state index in [1.54, 1.807) is 0 Å². The first kappa shape index (κ1) is 16.4. The SMILES string of the molecule is CCC(C)NC(=O)CCNS(=O)(=O)c1ccnc(N)c1. The average molecular weight is 300 g/mol. The number of sulfonamides is 1. The number of carbonyl (C=O) groups excluding carboxylic acids is 1. The third-order valence-corrected chi connectivity index (χ3v) is 4.19. The molecule has 0 aromatic carbocycles. The summed E-state index contributed by atoms with van der Waals surface area (Å²) in [7, 11) is -3.66. The zero-order chi connectivity index (χ0) is 15.2. The van der Waals surface area contributed by atoms with Crippen molar-refractivity contribution in [2.24, 2.45) is 0 Å². The summed E-state index contributed by atoms with van der Waals surface area (Å²) in [6.07, 6.45) is 2.23. The van der Waals surface area contributed by atoms with Crippen LogP contribution in [0.1, 0.15) is 26.7 Å². The fraction of sp³-hybridized carbons (Fsp3) is 0.500. The van der Waals surface area contributed by atoms with Crippen LogP contribution in [0.25, 0.3) is 0 Å². The molecule has 0 fully saturated rings. The van der Waals surface area contributed by atoms with Gasteiger partial charge in [0.05, 0.1) is 4.90 Å². The van der Waals surface area contributed by atoms with Crippen LogP contribution in [0.2, 0.25) is 0 Å². The number of carbonyl (C=O) groups is 1. The van der Waals surface area contributed by atoms with Crippen molar-refractivity contribution >= 4 is 21.7 Å². The normalized spacial score (nSPS) is 12.9. The lowest BCUT2D eigenvalue weighted by Crippen LogP contribution is -2.35. The molecular weight excluding hydrogens is 280 g/mol. The molecule has 1 atom stereocenters. The highest BCUT2D eigenvalue weighted by Crippen LogP contribution is 2.09. The number of aromatic nitrogens is 1. The summed E-state index contributed by atoms with van der Waals surface area (Å²) in [5.41, 5.74) is 5.43. The molecule has 1 aromatic heterocycles. The first-order valence-corrected chi connectivity index (χ1v) is 7.84. The smallest absolute Gasteiger partial charge is 0.240 e. The number of nitrogen functional groups attached to an aromatic ring is 1. The summed E-state index contributed by atoms with van der Waals surface area (Å²) in [4.78, 5) is 15.3. The molecule has 7 nitrogen and oxygen atoms in total. The summed E-state index contributed by atoms with van der Waals surface area (Å²) < 4.78 is 26.2. The molecule has 1 unspecified atom stereocenters. The number of pyridine rings is 1. The molecule has 0 radical (unpaired) electrons. The van der Waals surface area contributed by atoms with Crippen molar-refractivity contribution in [1.29, 1.82) is 0 Å². The van der Waals surface area contributed by atoms with Gasteiger partial charge >= 0.3 is 0 Å². The summed E-state index contributed by atoms with van der Waals surface area (Å²) in [6, 6.07) is 2.69. The lowest BCUT2D eigenvalue weighted by molar-refractivity contribution is -0.121. The van der Waals surface area contributed by atoms with Crippen LogP contribution in [-0.4, -0.2) is 31.9 Å². The highest BCUT2D eigenvalue weighted by molar-refractivity contribution is 7.89. The van der Waals surface area contributed by atoms with Crippen LogP contribution in [0.4, 0.5) is 5.82 Å². The number of nitrogens with zero attached hydrogens (tertiary/aromatic N) is 1. The Morgan fingerprint density at radius 1 is 1.50 bits per heavy atom. The van der Waals surface area contributed by atoms with Gasteiger partial charge in [0, 0.05) is 31.3 Å². The molecule has 1 aromatic rings. The molecular formula is C12H20N4O3S. The number of amides is 1. The second-order valence-corrected chi connectivity index (χ2v) is 6.21. The molecule has 112 valence electrons. The van der Waals surface area contributed by atoms with Gasteiger partial charge in [-0.25, -0.2) is 18.1 Å². The van der Waals surface area contributed by atoms with Crippen molar-refractivity contribution in [2.45, 2.75) is 37.6 Å². The lowest BCUT2D eigenvalue weighted by atomic mass is 10.2. The van der Waals surface area contributed by atoms with E-state index in [9.17, 15) is 13.2 Å². The van der Waals surface area contributed by atoms with E-state index in [0.717, 1.165) is 6.42 Å². The van der Waals surface area contributed by atoms with Crippen molar-refractivity contribution in [3.63, 3.8) is 0 Å². The van der Waals surface area contributed by atoms with Crippen LogP contribution >= 0.6 is 0 Å². The molecule has 0 aliphatic heterocycles. The molecule has 0 aliphatic rings. The fourth-order valence-electron chi connectivity index (χ4n) is 1.43. The molecule has 20 heavy (non-hydrogen) atoms. The number of rotatable bonds is 7. The van der Waals surface area contributed by atoms with Crippen LogP contribution in [0.3, 0.4) is 0 Å². The highest BCUT2D eigenvalue weighted by Gasteiger charge is 2.15. The van der Waals surface area contributed by atoms with Gasteiger partial charge in [-0.3, -0.25) is 4.79 Å². The van der Waals surface area contributed by atoms with Gasteiger partial charge in [-0.15, -0.1) is 0 Å². The first-order valence-electron chi connectivity index (χ1n) is 6.35. The van der Waals surface area contributed by atoms with Crippen LogP contribution in [0.15, 0.2) is 23.2 Å². The maximum absolute atomic E-state index is 11.9. The largest absolute Gasteiger partial charge is 0.384 e. The monoisotopic (exact) mass is 300 g/mol. The quantitative estimate of drug-likeness (QED) is 0.667. The second kappa shape index (κ2) is 7.20. The van der Waals surface area contributed by atoms with E-state index in [0.29, 0.717) is 0 Å². The number of anilines is 1. The Labute approximate surface area is 119 Å². The van der Waals surface area contributed by atoms with Gasteiger partial charge in [-0.2, -0.15) is 0 Å². The Bertz CT molecular complexity index is 560. The highest BCUT2D eigenvalue weighted by atomic mass is 32.2. The van der Waals surface area contributed by atoms with E-state index in [4.69, 9.17) is 5.73 Å². The van der Waals surface area contributed by atoms with Crippen molar-refractivity contribution in [1.82, 2.24) is 15.0 Å². The Morgan fingerprint density at radius 2 is 2.20 bits per heavy atom. The van der Waals surface area contributed by atoms with Gasteiger partial charge in [-0.1, -0.05) is 6.92 Å². The number of nitrogens with two attached hydrogens (primary N) is 1. The van der Waals surface area contributed by atoms with E-state index in [2.05, 4.69) is 15.0 Å². The van der Waals surface area contributed by atoms with Crippen molar-refractivity contribution in [3.8, 4) is 0 Å². The predicted molar refractivity (Wildman–Crippen MR) is 76.4 cm³/mol. The molecule has 1 amide bonds. The van der Waals surface area contributed by atoms with Gasteiger partial charge < -0.3 is 11.1 Å². The van der Waals surface area contributed by atoms with Crippen molar-refractivity contribution < 1.29 is 13.2 Å². The summed E-state index contributed by atoms with van der Waals surface area (Å²) in [6.45, 7) is 3.89. The third kappa shape index (κ3) is 5.14. The predicted octanol–water partition coefficient (Wildman–Crippen LogP) is 0.247. The number of hydrogen-bond donors (Lipinski definition) is 3. The Morgan fingerprint density at radius 3 is 2.80 bits per heavy atom. The van der Waals surface area contributed by atoms with Crippen molar-refractivity contribution in [3.05, 3.63) is 18.3 Å². The van der Waals surface area contributed by atoms with E-state index in [1.165, 1.54) is 18.3 Å². The van der Waals surface area contributed by atoms with Gasteiger partial charge in [0.15, 0.2) is 0 Å². The topological polar surface area (TPSA) is 114 Å². The van der Waals surface area contributed by atoms with Gasteiger partial charge in [0.1, 0.15) is 5.82 Å². The molecule has 1 rings (SSSR count). The summed E-state index contributed by atoms with van der Waals surface area (Å²) in [5, 5.41) is 2.76. The van der Waals surface area contributed by atoms with E-state index in [1.807, 2.05) is 13.8 Å². The maximum Gasteiger partial charge on any atom is 0.240 e. The van der Waals surface area contributed by atoms with Crippen LogP contribution in [0.5, 0.6) is 0 Å². The van der Waals surface area contributed by atoms with Crippen LogP contribution < -0.4 is 15.8 Å². The Kier molecular flexibility index (Phi) is 5.90. The minimum Gasteiger partial charge on any atom is -0.384 e. The molecule has 0 saturated heterocycles. The lowest BCUT2D eigenvalue weighted by Gasteiger charge is -2.11. The Balaban J connectivity index is 2.51. The number of hydrogen-bond acceptors (Lipinski definition) is 5. The summed E-state index contributed by atoms with van der Waals surface area (Å²) in [5.74, 6) is -0.0568. The minimum atomic E-state index is -3.66. The number of nitrogens with one attached hydrogen (secondary N) is 2. The average Bonchev–Trinajstić information content (AvgIpc) is 2.38. The standard InChI is InChI=1S/C12H20N4O3S/c1-3-9(2)16-12(17)5-7-15-20(18,19)10-4-6-14-11(13)8-10/h4,6,8-9,15H,3,5,7H2,1-2H3,(H2,13,14)(H,16,17). The van der Waals surface area contributed by atoms with Gasteiger partial charge in [-0.05, 0) is 19.4 Å². The molecule has 4 N–H and O–H groups in total. The van der Waals surface area contributed by atoms with Gasteiger partial charge in [0.2, 0.25) is 15.9 Å². The zero-order valence-electron chi connectivity index (χ0n) is 11.6. The molecule has 8 heteroatoms. The van der Waals surface area contributed by atoms with E-state index < -0.39 is 10.0 Å². The minimum absolute atomic E-state index is 0.0346. The Hall–Kier alpha value is -1.67. The fourth-order valence-corrected chi connectivity index (χ4v) is 2.48. The molecule has 0 bridgehead atoms. The van der Waals surface area contributed by atoms with Gasteiger partial charge in [0.25, 0.3) is 0 Å². The van der Waals surface area contributed by atoms with E-state index >= 15 is 0 Å². The second-order valence-electron chi connectivity index (χ2n) is 4.44. The maximum atomic E-state index is 11.9.